The Morgan fingerprint density at radius 2 is 1.93 bits per heavy atom. The van der Waals surface area contributed by atoms with Gasteiger partial charge in [0.2, 0.25) is 11.7 Å². The highest BCUT2D eigenvalue weighted by Crippen LogP contribution is 2.57. The lowest BCUT2D eigenvalue weighted by Gasteiger charge is -2.27. The molecule has 7 N–H and O–H groups in total. The van der Waals surface area contributed by atoms with Crippen LogP contribution in [-0.4, -0.2) is 105 Å². The van der Waals surface area contributed by atoms with Gasteiger partial charge in [-0.3, -0.25) is 32.8 Å². The van der Waals surface area contributed by atoms with E-state index in [1.54, 1.807) is 0 Å². The maximum Gasteiger partial charge on any atom is 0.386 e. The van der Waals surface area contributed by atoms with Gasteiger partial charge in [-0.15, -0.1) is 0 Å². The number of aliphatic hydroxyl groups is 3. The van der Waals surface area contributed by atoms with E-state index in [1.165, 1.54) is 4.57 Å². The van der Waals surface area contributed by atoms with Crippen molar-refractivity contribution in [2.75, 3.05) is 25.6 Å². The molecule has 42 heavy (non-hydrogen) atoms. The second-order valence-electron chi connectivity index (χ2n) is 9.48. The van der Waals surface area contributed by atoms with Crippen molar-refractivity contribution in [2.24, 2.45) is 0 Å². The molecule has 0 aromatic carbocycles. The molecule has 6 heterocycles. The average Bonchev–Trinajstić information content (AvgIpc) is 3.70. The van der Waals surface area contributed by atoms with Crippen LogP contribution in [0.4, 0.5) is 10.3 Å². The molecule has 0 spiro atoms. The van der Waals surface area contributed by atoms with Gasteiger partial charge >= 0.3 is 6.80 Å². The molecule has 0 saturated carbocycles. The number of ether oxygens (including phenoxy) is 2. The lowest BCUT2D eigenvalue weighted by Crippen LogP contribution is -2.43. The van der Waals surface area contributed by atoms with E-state index >= 15 is 4.39 Å². The topological polar surface area (TPSA) is 268 Å². The Hall–Kier alpha value is -3.27. The van der Waals surface area contributed by atoms with Gasteiger partial charge in [0, 0.05) is 0 Å². The van der Waals surface area contributed by atoms with Gasteiger partial charge in [0.25, 0.3) is 11.1 Å². The highest BCUT2D eigenvalue weighted by molar-refractivity contribution is 8.44. The summed E-state index contributed by atoms with van der Waals surface area (Å²) < 4.78 is 53.0. The van der Waals surface area contributed by atoms with Crippen molar-refractivity contribution in [3.05, 3.63) is 39.7 Å². The molecular formula is C20H23FN9O10PS. The van der Waals surface area contributed by atoms with E-state index in [2.05, 4.69) is 42.2 Å². The maximum atomic E-state index is 16.0. The summed E-state index contributed by atoms with van der Waals surface area (Å²) in [6.07, 6.45) is -5.74. The number of aromatic nitrogens is 8. The Bertz CT molecular complexity index is 1820. The van der Waals surface area contributed by atoms with E-state index in [0.29, 0.717) is 0 Å². The number of nitrogens with one attached hydrogen (secondary N) is 2. The largest absolute Gasteiger partial charge is 0.394 e. The van der Waals surface area contributed by atoms with Crippen molar-refractivity contribution in [3.8, 4) is 0 Å². The molecule has 1 unspecified atom stereocenters. The van der Waals surface area contributed by atoms with Gasteiger partial charge in [-0.05, 0) is 0 Å². The van der Waals surface area contributed by atoms with E-state index in [1.807, 2.05) is 0 Å². The smallest absolute Gasteiger partial charge is 0.386 e. The number of hydrogen-bond acceptors (Lipinski definition) is 15. The van der Waals surface area contributed by atoms with Gasteiger partial charge in [0.1, 0.15) is 43.5 Å². The SMILES string of the molecule is Nc1nc2c(ncn2[C@@H]2O[C@H](CO)[C@@H](O)[C@H]2O[P@](=O)(S)OC[C@H]2OCC(F)(n3cnc4c(=O)[nH]cnc43)[C@@H]2O)c(=O)[nH]1. The van der Waals surface area contributed by atoms with Gasteiger partial charge in [0.15, 0.2) is 28.6 Å². The summed E-state index contributed by atoms with van der Waals surface area (Å²) in [7, 11) is 0. The summed E-state index contributed by atoms with van der Waals surface area (Å²) in [4.78, 5) is 44.4. The molecule has 19 nitrogen and oxygen atoms in total. The molecule has 2 aliphatic heterocycles. The molecular weight excluding hydrogens is 608 g/mol. The number of nitrogens with two attached hydrogens (primary N) is 1. The summed E-state index contributed by atoms with van der Waals surface area (Å²) in [6.45, 7) is -6.47. The summed E-state index contributed by atoms with van der Waals surface area (Å²) in [5.74, 6) is -2.85. The summed E-state index contributed by atoms with van der Waals surface area (Å²) in [6, 6.07) is 0. The highest BCUT2D eigenvalue weighted by Gasteiger charge is 2.54. The summed E-state index contributed by atoms with van der Waals surface area (Å²) in [5.41, 5.74) is 3.90. The van der Waals surface area contributed by atoms with Crippen LogP contribution in [0.3, 0.4) is 0 Å². The Labute approximate surface area is 237 Å². The zero-order chi connectivity index (χ0) is 30.0. The molecule has 0 amide bonds. The van der Waals surface area contributed by atoms with Gasteiger partial charge < -0.3 is 35.5 Å². The molecule has 2 saturated heterocycles. The monoisotopic (exact) mass is 631 g/mol. The molecule has 6 rings (SSSR count). The van der Waals surface area contributed by atoms with Crippen molar-refractivity contribution in [1.29, 1.82) is 0 Å². The molecule has 0 bridgehead atoms. The fraction of sp³-hybridized carbons (Fsp3) is 0.500. The number of thiol groups is 1. The van der Waals surface area contributed by atoms with E-state index in [4.69, 9.17) is 24.3 Å². The number of aliphatic hydroxyl groups excluding tert-OH is 3. The number of imidazole rings is 2. The molecule has 2 fully saturated rings. The Morgan fingerprint density at radius 1 is 1.19 bits per heavy atom. The normalized spacial score (nSPS) is 31.3. The number of aromatic amines is 2. The minimum absolute atomic E-state index is 0.0548. The van der Waals surface area contributed by atoms with Crippen LogP contribution in [0.25, 0.3) is 22.3 Å². The number of fused-ring (bicyclic) bond motifs is 2. The first-order valence-corrected chi connectivity index (χ1v) is 14.9. The minimum atomic E-state index is -4.43. The number of H-pyrrole nitrogens is 2. The van der Waals surface area contributed by atoms with Gasteiger partial charge in [-0.25, -0.2) is 23.9 Å². The zero-order valence-corrected chi connectivity index (χ0v) is 22.8. The third-order valence-corrected chi connectivity index (χ3v) is 8.53. The van der Waals surface area contributed by atoms with E-state index in [9.17, 15) is 29.5 Å². The Balaban J connectivity index is 1.19. The lowest BCUT2D eigenvalue weighted by atomic mass is 10.1. The first-order chi connectivity index (χ1) is 19.9. The van der Waals surface area contributed by atoms with E-state index < -0.39 is 80.3 Å². The molecule has 0 radical (unpaired) electrons. The first-order valence-electron chi connectivity index (χ1n) is 12.2. The van der Waals surface area contributed by atoms with Gasteiger partial charge in [0.05, 0.1) is 25.9 Å². The minimum Gasteiger partial charge on any atom is -0.394 e. The fourth-order valence-corrected chi connectivity index (χ4v) is 6.30. The number of nitrogen functional groups attached to an aromatic ring is 1. The van der Waals surface area contributed by atoms with Crippen molar-refractivity contribution in [2.45, 2.75) is 42.5 Å². The van der Waals surface area contributed by atoms with Crippen LogP contribution in [0.2, 0.25) is 0 Å². The standard InChI is InChI=1S/C20H23FN9O10PS/c21-20(30-6-26-9-14(30)23-4-24-16(9)34)3-37-8(13(20)33)2-38-41(36,42)40-12-11(32)7(1-31)39-18(12)29-5-25-10-15(29)27-19(22)28-17(10)35/h4-8,11-13,18,31-33H,1-3H2,(H,36,42)(H,23,24,34)(H3,22,27,28,35)/t7-,8-,11-,12-,13-,18-,20?,41-/m1/s1. The first kappa shape index (κ1) is 28.8. The quantitative estimate of drug-likeness (QED) is 0.0811. The summed E-state index contributed by atoms with van der Waals surface area (Å²) >= 11 is 3.94. The van der Waals surface area contributed by atoms with Crippen molar-refractivity contribution in [1.82, 2.24) is 39.0 Å². The third kappa shape index (κ3) is 4.71. The number of anilines is 1. The van der Waals surface area contributed by atoms with E-state index in [-0.39, 0.29) is 28.3 Å². The number of hydrogen-bond donors (Lipinski definition) is 7. The molecule has 226 valence electrons. The van der Waals surface area contributed by atoms with Gasteiger partial charge in [-0.1, -0.05) is 12.2 Å². The summed E-state index contributed by atoms with van der Waals surface area (Å²) in [5, 5.41) is 31.2. The molecule has 8 atom stereocenters. The second-order valence-corrected chi connectivity index (χ2v) is 12.4. The molecule has 22 heteroatoms. The van der Waals surface area contributed by atoms with Crippen LogP contribution in [0.1, 0.15) is 6.23 Å². The van der Waals surface area contributed by atoms with Crippen molar-refractivity contribution >= 4 is 47.3 Å². The Morgan fingerprint density at radius 3 is 2.69 bits per heavy atom. The third-order valence-electron chi connectivity index (χ3n) is 6.92. The number of rotatable bonds is 8. The van der Waals surface area contributed by atoms with Gasteiger partial charge in [-0.2, -0.15) is 4.98 Å². The van der Waals surface area contributed by atoms with Crippen LogP contribution in [0, 0.1) is 0 Å². The van der Waals surface area contributed by atoms with Crippen LogP contribution < -0.4 is 16.9 Å². The maximum absolute atomic E-state index is 16.0. The Kier molecular flexibility index (Phi) is 7.19. The molecule has 2 aliphatic rings. The molecule has 4 aromatic rings. The number of alkyl halides is 1. The molecule has 0 aliphatic carbocycles. The van der Waals surface area contributed by atoms with Crippen LogP contribution >= 0.6 is 19.0 Å². The highest BCUT2D eigenvalue weighted by atomic mass is 32.7. The van der Waals surface area contributed by atoms with Crippen LogP contribution in [-0.2, 0) is 28.9 Å². The number of halogens is 1. The lowest BCUT2D eigenvalue weighted by molar-refractivity contribution is -0.0520. The second kappa shape index (κ2) is 10.5. The fourth-order valence-electron chi connectivity index (χ4n) is 4.84. The predicted octanol–water partition coefficient (Wildman–Crippen LogP) is -2.09. The van der Waals surface area contributed by atoms with Crippen LogP contribution in [0.15, 0.2) is 28.6 Å². The van der Waals surface area contributed by atoms with Crippen molar-refractivity contribution in [3.63, 3.8) is 0 Å². The van der Waals surface area contributed by atoms with Crippen LogP contribution in [0.5, 0.6) is 0 Å². The number of nitrogens with zero attached hydrogens (tertiary/aromatic N) is 6. The van der Waals surface area contributed by atoms with E-state index in [0.717, 1.165) is 23.5 Å². The molecule has 4 aromatic heterocycles. The van der Waals surface area contributed by atoms with Crippen molar-refractivity contribution < 1.29 is 42.8 Å². The average molecular weight is 631 g/mol. The zero-order valence-electron chi connectivity index (χ0n) is 21.0. The predicted molar refractivity (Wildman–Crippen MR) is 140 cm³/mol.